The number of nitrogen functional groups attached to an aromatic ring is 1. The summed E-state index contributed by atoms with van der Waals surface area (Å²) in [7, 11) is 1.46. The first-order chi connectivity index (χ1) is 9.95. The molecule has 1 rings (SSSR count). The van der Waals surface area contributed by atoms with Crippen molar-refractivity contribution in [3.05, 3.63) is 29.8 Å². The molecule has 0 aliphatic heterocycles. The number of hydrogen-bond acceptors (Lipinski definition) is 6. The van der Waals surface area contributed by atoms with Crippen LogP contribution in [0.15, 0.2) is 24.3 Å². The van der Waals surface area contributed by atoms with E-state index in [1.165, 1.54) is 19.2 Å². The Bertz CT molecular complexity index is 557. The van der Waals surface area contributed by atoms with Crippen LogP contribution in [0.4, 0.5) is 16.2 Å². The van der Waals surface area contributed by atoms with Gasteiger partial charge in [-0.3, -0.25) is 4.79 Å². The summed E-state index contributed by atoms with van der Waals surface area (Å²) in [6.07, 6.45) is 2.52. The highest BCUT2D eigenvalue weighted by Gasteiger charge is 2.11. The number of carbonyl (C=O) groups is 2. The van der Waals surface area contributed by atoms with Crippen molar-refractivity contribution in [1.82, 2.24) is 0 Å². The summed E-state index contributed by atoms with van der Waals surface area (Å²) in [5, 5.41) is 3.03. The van der Waals surface area contributed by atoms with Crippen LogP contribution in [0.5, 0.6) is 5.75 Å². The average molecular weight is 294 g/mol. The molecule has 8 nitrogen and oxygen atoms in total. The monoisotopic (exact) mass is 294 g/mol. The Labute approximate surface area is 121 Å². The van der Waals surface area contributed by atoms with E-state index in [0.29, 0.717) is 23.7 Å². The fourth-order valence-corrected chi connectivity index (χ4v) is 1.57. The van der Waals surface area contributed by atoms with Crippen LogP contribution in [0.1, 0.15) is 10.4 Å². The molecule has 8 heteroatoms. The van der Waals surface area contributed by atoms with Crippen LogP contribution in [0.2, 0.25) is 0 Å². The molecule has 0 bridgehead atoms. The number of hydrogen-bond donors (Lipinski definition) is 4. The Balaban J connectivity index is 2.70. The minimum Gasteiger partial charge on any atom is -0.494 e. The van der Waals surface area contributed by atoms with E-state index in [1.807, 2.05) is 0 Å². The zero-order valence-corrected chi connectivity index (χ0v) is 11.6. The highest BCUT2D eigenvalue weighted by Crippen LogP contribution is 2.32. The van der Waals surface area contributed by atoms with E-state index >= 15 is 0 Å². The zero-order valence-electron chi connectivity index (χ0n) is 11.6. The summed E-state index contributed by atoms with van der Waals surface area (Å²) in [5.74, 6) is -0.180. The standard InChI is InChI=1S/C13H18N4O4/c1-20-10-7-8(12(15)18)6-9(14)11(10)17-4-2-3-5-21-13(16)19/h2-3,6-7,17H,4-5,14H2,1H3,(H2,15,18)(H2,16,19)/b3-2+. The molecular weight excluding hydrogens is 276 g/mol. The number of methoxy groups -OCH3 is 1. The van der Waals surface area contributed by atoms with Gasteiger partial charge in [-0.15, -0.1) is 0 Å². The summed E-state index contributed by atoms with van der Waals surface area (Å²) < 4.78 is 9.69. The number of nitrogens with two attached hydrogens (primary N) is 3. The maximum Gasteiger partial charge on any atom is 0.404 e. The molecule has 0 radical (unpaired) electrons. The SMILES string of the molecule is COc1cc(C(N)=O)cc(N)c1NC/C=C/COC(N)=O. The minimum absolute atomic E-state index is 0.0875. The highest BCUT2D eigenvalue weighted by atomic mass is 16.5. The number of rotatable bonds is 7. The molecule has 0 heterocycles. The van der Waals surface area contributed by atoms with Gasteiger partial charge in [-0.2, -0.15) is 0 Å². The lowest BCUT2D eigenvalue weighted by Crippen LogP contribution is -2.13. The van der Waals surface area contributed by atoms with Crippen molar-refractivity contribution in [3.63, 3.8) is 0 Å². The maximum atomic E-state index is 11.1. The third kappa shape index (κ3) is 4.94. The van der Waals surface area contributed by atoms with E-state index in [2.05, 4.69) is 10.1 Å². The molecule has 0 spiro atoms. The Morgan fingerprint density at radius 3 is 2.57 bits per heavy atom. The molecule has 0 aromatic heterocycles. The fraction of sp³-hybridized carbons (Fsp3) is 0.231. The molecular formula is C13H18N4O4. The molecule has 0 fully saturated rings. The first-order valence-electron chi connectivity index (χ1n) is 6.04. The van der Waals surface area contributed by atoms with Gasteiger partial charge in [0.2, 0.25) is 5.91 Å². The number of amides is 2. The van der Waals surface area contributed by atoms with Crippen LogP contribution in [-0.4, -0.2) is 32.3 Å². The van der Waals surface area contributed by atoms with Gasteiger partial charge in [-0.1, -0.05) is 6.08 Å². The zero-order chi connectivity index (χ0) is 15.8. The molecule has 7 N–H and O–H groups in total. The highest BCUT2D eigenvalue weighted by molar-refractivity contribution is 5.96. The van der Waals surface area contributed by atoms with Crippen LogP contribution in [0.25, 0.3) is 0 Å². The molecule has 1 aromatic rings. The van der Waals surface area contributed by atoms with Crippen molar-refractivity contribution in [2.45, 2.75) is 0 Å². The molecule has 0 saturated carbocycles. The second-order valence-electron chi connectivity index (χ2n) is 3.99. The maximum absolute atomic E-state index is 11.1. The van der Waals surface area contributed by atoms with Crippen molar-refractivity contribution < 1.29 is 19.1 Å². The molecule has 0 unspecified atom stereocenters. The van der Waals surface area contributed by atoms with Crippen LogP contribution in [-0.2, 0) is 4.74 Å². The van der Waals surface area contributed by atoms with Gasteiger partial charge < -0.3 is 32.0 Å². The second kappa shape index (κ2) is 7.63. The first kappa shape index (κ1) is 16.2. The van der Waals surface area contributed by atoms with E-state index in [4.69, 9.17) is 21.9 Å². The average Bonchev–Trinajstić information content (AvgIpc) is 2.42. The van der Waals surface area contributed by atoms with Crippen LogP contribution in [0.3, 0.4) is 0 Å². The van der Waals surface area contributed by atoms with E-state index < -0.39 is 12.0 Å². The smallest absolute Gasteiger partial charge is 0.404 e. The van der Waals surface area contributed by atoms with Crippen LogP contribution >= 0.6 is 0 Å². The Kier molecular flexibility index (Phi) is 5.87. The van der Waals surface area contributed by atoms with Crippen molar-refractivity contribution in [3.8, 4) is 5.75 Å². The minimum atomic E-state index is -0.833. The number of ether oxygens (including phenoxy) is 2. The molecule has 21 heavy (non-hydrogen) atoms. The molecule has 0 saturated heterocycles. The normalized spacial score (nSPS) is 10.3. The molecule has 2 amide bonds. The summed E-state index contributed by atoms with van der Waals surface area (Å²) >= 11 is 0. The second-order valence-corrected chi connectivity index (χ2v) is 3.99. The number of benzene rings is 1. The Morgan fingerprint density at radius 2 is 2.00 bits per heavy atom. The Hall–Kier alpha value is -2.90. The van der Waals surface area contributed by atoms with Gasteiger partial charge in [-0.25, -0.2) is 4.79 Å². The van der Waals surface area contributed by atoms with Gasteiger partial charge in [-0.05, 0) is 18.2 Å². The predicted octanol–water partition coefficient (Wildman–Crippen LogP) is 0.440. The molecule has 1 aromatic carbocycles. The molecule has 0 aliphatic rings. The van der Waals surface area contributed by atoms with E-state index in [0.717, 1.165) is 0 Å². The van der Waals surface area contributed by atoms with Crippen molar-refractivity contribution >= 4 is 23.4 Å². The first-order valence-corrected chi connectivity index (χ1v) is 6.04. The van der Waals surface area contributed by atoms with Gasteiger partial charge in [0.05, 0.1) is 12.8 Å². The van der Waals surface area contributed by atoms with Crippen LogP contribution < -0.4 is 27.3 Å². The summed E-state index contributed by atoms with van der Waals surface area (Å²) in [5.41, 5.74) is 17.0. The van der Waals surface area contributed by atoms with E-state index in [1.54, 1.807) is 12.2 Å². The van der Waals surface area contributed by atoms with Gasteiger partial charge in [0, 0.05) is 12.1 Å². The lowest BCUT2D eigenvalue weighted by atomic mass is 10.1. The molecule has 0 atom stereocenters. The van der Waals surface area contributed by atoms with Gasteiger partial charge in [0.1, 0.15) is 18.0 Å². The third-order valence-electron chi connectivity index (χ3n) is 2.52. The topological polar surface area (TPSA) is 143 Å². The number of primary amides is 2. The number of nitrogens with one attached hydrogen (secondary N) is 1. The fourth-order valence-electron chi connectivity index (χ4n) is 1.57. The van der Waals surface area contributed by atoms with Crippen molar-refractivity contribution in [2.75, 3.05) is 31.3 Å². The molecule has 0 aliphatic carbocycles. The summed E-state index contributed by atoms with van der Waals surface area (Å²) in [6, 6.07) is 2.97. The van der Waals surface area contributed by atoms with Gasteiger partial charge in [0.25, 0.3) is 0 Å². The lowest BCUT2D eigenvalue weighted by Gasteiger charge is -2.13. The van der Waals surface area contributed by atoms with Gasteiger partial charge >= 0.3 is 6.09 Å². The molecule has 114 valence electrons. The number of anilines is 2. The summed E-state index contributed by atoms with van der Waals surface area (Å²) in [6.45, 7) is 0.503. The van der Waals surface area contributed by atoms with E-state index in [9.17, 15) is 9.59 Å². The Morgan fingerprint density at radius 1 is 1.29 bits per heavy atom. The lowest BCUT2D eigenvalue weighted by molar-refractivity contribution is 0.1000. The predicted molar refractivity (Wildman–Crippen MR) is 79.1 cm³/mol. The van der Waals surface area contributed by atoms with Gasteiger partial charge in [0.15, 0.2) is 0 Å². The third-order valence-corrected chi connectivity index (χ3v) is 2.52. The number of carbonyl (C=O) groups excluding carboxylic acids is 2. The van der Waals surface area contributed by atoms with Crippen molar-refractivity contribution in [1.29, 1.82) is 0 Å². The van der Waals surface area contributed by atoms with E-state index in [-0.39, 0.29) is 12.2 Å². The van der Waals surface area contributed by atoms with Crippen LogP contribution in [0, 0.1) is 0 Å². The quantitative estimate of drug-likeness (QED) is 0.424. The van der Waals surface area contributed by atoms with Crippen molar-refractivity contribution in [2.24, 2.45) is 11.5 Å². The summed E-state index contributed by atoms with van der Waals surface area (Å²) in [4.78, 5) is 21.5. The largest absolute Gasteiger partial charge is 0.494 e.